The van der Waals surface area contributed by atoms with E-state index in [1.165, 1.54) is 13.2 Å². The van der Waals surface area contributed by atoms with Crippen molar-refractivity contribution in [2.24, 2.45) is 0 Å². The zero-order chi connectivity index (χ0) is 13.0. The number of rotatable bonds is 4. The molecule has 0 aromatic heterocycles. The first-order chi connectivity index (χ1) is 8.76. The highest BCUT2D eigenvalue weighted by Gasteiger charge is 2.24. The number of alkyl halides is 1. The standard InChI is InChI=1S/C13H18F2N2O/c1-18-10-2-3-12(15)11(8-10)13(9-14)17-6-4-16-5-7-17/h2-3,8,13,16H,4-7,9H2,1H3/t13-/m0/s1. The second-order valence-electron chi connectivity index (χ2n) is 4.34. The summed E-state index contributed by atoms with van der Waals surface area (Å²) in [5, 5.41) is 3.20. The molecule has 0 bridgehead atoms. The fourth-order valence-electron chi connectivity index (χ4n) is 2.28. The van der Waals surface area contributed by atoms with Gasteiger partial charge in [-0.1, -0.05) is 0 Å². The van der Waals surface area contributed by atoms with E-state index >= 15 is 0 Å². The molecule has 1 N–H and O–H groups in total. The van der Waals surface area contributed by atoms with E-state index in [0.717, 1.165) is 26.2 Å². The van der Waals surface area contributed by atoms with Gasteiger partial charge in [-0.2, -0.15) is 0 Å². The van der Waals surface area contributed by atoms with E-state index < -0.39 is 12.7 Å². The van der Waals surface area contributed by atoms with Crippen LogP contribution in [0.2, 0.25) is 0 Å². The van der Waals surface area contributed by atoms with Crippen LogP contribution >= 0.6 is 0 Å². The molecule has 1 fully saturated rings. The van der Waals surface area contributed by atoms with Crippen LogP contribution in [0, 0.1) is 5.82 Å². The van der Waals surface area contributed by atoms with Gasteiger partial charge in [0.15, 0.2) is 0 Å². The Labute approximate surface area is 106 Å². The van der Waals surface area contributed by atoms with Crippen LogP contribution in [0.25, 0.3) is 0 Å². The Morgan fingerprint density at radius 1 is 1.39 bits per heavy atom. The predicted octanol–water partition coefficient (Wildman–Crippen LogP) is 1.75. The lowest BCUT2D eigenvalue weighted by molar-refractivity contribution is 0.144. The van der Waals surface area contributed by atoms with Crippen molar-refractivity contribution in [1.29, 1.82) is 0 Å². The molecule has 18 heavy (non-hydrogen) atoms. The molecule has 0 aliphatic carbocycles. The molecule has 1 aliphatic heterocycles. The van der Waals surface area contributed by atoms with Crippen LogP contribution < -0.4 is 10.1 Å². The summed E-state index contributed by atoms with van der Waals surface area (Å²) in [4.78, 5) is 1.97. The molecule has 0 amide bonds. The average Bonchev–Trinajstić information content (AvgIpc) is 2.43. The van der Waals surface area contributed by atoms with Crippen molar-refractivity contribution >= 4 is 0 Å². The van der Waals surface area contributed by atoms with Crippen LogP contribution in [0.1, 0.15) is 11.6 Å². The van der Waals surface area contributed by atoms with E-state index in [9.17, 15) is 8.78 Å². The minimum absolute atomic E-state index is 0.374. The number of methoxy groups -OCH3 is 1. The largest absolute Gasteiger partial charge is 0.497 e. The van der Waals surface area contributed by atoms with Gasteiger partial charge in [-0.3, -0.25) is 4.90 Å². The quantitative estimate of drug-likeness (QED) is 0.888. The lowest BCUT2D eigenvalue weighted by Crippen LogP contribution is -2.45. The summed E-state index contributed by atoms with van der Waals surface area (Å²) in [5.74, 6) is 0.178. The molecule has 0 radical (unpaired) electrons. The lowest BCUT2D eigenvalue weighted by atomic mass is 10.0. The van der Waals surface area contributed by atoms with Crippen LogP contribution in [0.15, 0.2) is 18.2 Å². The summed E-state index contributed by atoms with van der Waals surface area (Å²) in [6.07, 6.45) is 0. The highest BCUT2D eigenvalue weighted by atomic mass is 19.1. The molecule has 1 saturated heterocycles. The minimum atomic E-state index is -0.593. The topological polar surface area (TPSA) is 24.5 Å². The number of halogens is 2. The number of hydrogen-bond donors (Lipinski definition) is 1. The molecule has 1 atom stereocenters. The van der Waals surface area contributed by atoms with Gasteiger partial charge in [0.05, 0.1) is 13.2 Å². The number of benzene rings is 1. The van der Waals surface area contributed by atoms with Crippen molar-refractivity contribution in [3.8, 4) is 5.75 Å². The van der Waals surface area contributed by atoms with Gasteiger partial charge >= 0.3 is 0 Å². The molecule has 100 valence electrons. The smallest absolute Gasteiger partial charge is 0.128 e. The molecule has 0 unspecified atom stereocenters. The van der Waals surface area contributed by atoms with Crippen molar-refractivity contribution in [2.45, 2.75) is 6.04 Å². The third-order valence-corrected chi connectivity index (χ3v) is 3.30. The molecule has 2 rings (SSSR count). The number of hydrogen-bond acceptors (Lipinski definition) is 3. The van der Waals surface area contributed by atoms with Gasteiger partial charge < -0.3 is 10.1 Å². The number of nitrogens with zero attached hydrogens (tertiary/aromatic N) is 1. The fraction of sp³-hybridized carbons (Fsp3) is 0.538. The normalized spacial score (nSPS) is 18.6. The Kier molecular flexibility index (Phi) is 4.49. The van der Waals surface area contributed by atoms with Crippen LogP contribution in [0.5, 0.6) is 5.75 Å². The fourth-order valence-corrected chi connectivity index (χ4v) is 2.28. The van der Waals surface area contributed by atoms with Gasteiger partial charge in [-0.25, -0.2) is 8.78 Å². The van der Waals surface area contributed by atoms with Gasteiger partial charge in [-0.05, 0) is 18.2 Å². The van der Waals surface area contributed by atoms with Gasteiger partial charge in [0.1, 0.15) is 18.2 Å². The summed E-state index contributed by atoms with van der Waals surface area (Å²) in [6, 6.07) is 3.94. The summed E-state index contributed by atoms with van der Waals surface area (Å²) >= 11 is 0. The van der Waals surface area contributed by atoms with Crippen molar-refractivity contribution in [1.82, 2.24) is 10.2 Å². The molecule has 1 heterocycles. The van der Waals surface area contributed by atoms with E-state index in [1.807, 2.05) is 4.90 Å². The molecular weight excluding hydrogens is 238 g/mol. The maximum atomic E-state index is 13.8. The van der Waals surface area contributed by atoms with Gasteiger partial charge in [0.2, 0.25) is 0 Å². The Morgan fingerprint density at radius 3 is 2.72 bits per heavy atom. The minimum Gasteiger partial charge on any atom is -0.497 e. The van der Waals surface area contributed by atoms with E-state index in [0.29, 0.717) is 11.3 Å². The molecule has 0 spiro atoms. The molecular formula is C13H18F2N2O. The van der Waals surface area contributed by atoms with Crippen LogP contribution in [0.3, 0.4) is 0 Å². The SMILES string of the molecule is COc1ccc(F)c([C@H](CF)N2CCNCC2)c1. The van der Waals surface area contributed by atoms with E-state index in [-0.39, 0.29) is 5.82 Å². The molecule has 1 aromatic carbocycles. The van der Waals surface area contributed by atoms with E-state index in [1.54, 1.807) is 12.1 Å². The Bertz CT molecular complexity index is 395. The van der Waals surface area contributed by atoms with E-state index in [2.05, 4.69) is 5.32 Å². The summed E-state index contributed by atoms with van der Waals surface area (Å²) < 4.78 is 32.2. The van der Waals surface area contributed by atoms with Gasteiger partial charge in [0, 0.05) is 31.7 Å². The molecule has 1 aliphatic rings. The first-order valence-electron chi connectivity index (χ1n) is 6.10. The Hall–Kier alpha value is -1.20. The maximum absolute atomic E-state index is 13.8. The zero-order valence-corrected chi connectivity index (χ0v) is 10.5. The van der Waals surface area contributed by atoms with Crippen LogP contribution in [0.4, 0.5) is 8.78 Å². The number of piperazine rings is 1. The second kappa shape index (κ2) is 6.11. The molecule has 5 heteroatoms. The summed E-state index contributed by atoms with van der Waals surface area (Å²) in [6.45, 7) is 2.48. The molecule has 3 nitrogen and oxygen atoms in total. The van der Waals surface area contributed by atoms with Crippen molar-refractivity contribution < 1.29 is 13.5 Å². The van der Waals surface area contributed by atoms with Gasteiger partial charge in [0.25, 0.3) is 0 Å². The highest BCUT2D eigenvalue weighted by molar-refractivity contribution is 5.32. The van der Waals surface area contributed by atoms with Crippen molar-refractivity contribution in [3.63, 3.8) is 0 Å². The first kappa shape index (κ1) is 13.2. The monoisotopic (exact) mass is 256 g/mol. The Morgan fingerprint density at radius 2 is 2.11 bits per heavy atom. The number of nitrogens with one attached hydrogen (secondary N) is 1. The Balaban J connectivity index is 2.25. The zero-order valence-electron chi connectivity index (χ0n) is 10.5. The average molecular weight is 256 g/mol. The third-order valence-electron chi connectivity index (χ3n) is 3.30. The third kappa shape index (κ3) is 2.79. The summed E-state index contributed by atoms with van der Waals surface area (Å²) in [5.41, 5.74) is 0.374. The summed E-state index contributed by atoms with van der Waals surface area (Å²) in [7, 11) is 1.52. The molecule has 1 aromatic rings. The second-order valence-corrected chi connectivity index (χ2v) is 4.34. The van der Waals surface area contributed by atoms with Crippen LogP contribution in [-0.4, -0.2) is 44.9 Å². The van der Waals surface area contributed by atoms with Crippen molar-refractivity contribution in [2.75, 3.05) is 40.0 Å². The van der Waals surface area contributed by atoms with E-state index in [4.69, 9.17) is 4.74 Å². The van der Waals surface area contributed by atoms with Crippen LogP contribution in [-0.2, 0) is 0 Å². The predicted molar refractivity (Wildman–Crippen MR) is 66.1 cm³/mol. The lowest BCUT2D eigenvalue weighted by Gasteiger charge is -2.33. The van der Waals surface area contributed by atoms with Gasteiger partial charge in [-0.15, -0.1) is 0 Å². The highest BCUT2D eigenvalue weighted by Crippen LogP contribution is 2.27. The first-order valence-corrected chi connectivity index (χ1v) is 6.10. The molecule has 0 saturated carbocycles. The van der Waals surface area contributed by atoms with Crippen molar-refractivity contribution in [3.05, 3.63) is 29.6 Å². The maximum Gasteiger partial charge on any atom is 0.128 e. The number of ether oxygens (including phenoxy) is 1.